The van der Waals surface area contributed by atoms with Crippen LogP contribution in [0.4, 0.5) is 11.5 Å². The molecule has 1 saturated heterocycles. The van der Waals surface area contributed by atoms with Crippen molar-refractivity contribution in [3.05, 3.63) is 47.7 Å². The fourth-order valence-corrected chi connectivity index (χ4v) is 4.58. The van der Waals surface area contributed by atoms with Crippen LogP contribution in [-0.4, -0.2) is 77.2 Å². The number of aliphatic hydroxyl groups excluding tert-OH is 1. The van der Waals surface area contributed by atoms with Crippen LogP contribution in [0.2, 0.25) is 0 Å². The van der Waals surface area contributed by atoms with Gasteiger partial charge in [0.25, 0.3) is 0 Å². The summed E-state index contributed by atoms with van der Waals surface area (Å²) in [6, 6.07) is 11.7. The second kappa shape index (κ2) is 9.38. The molecule has 9 heteroatoms. The van der Waals surface area contributed by atoms with E-state index >= 15 is 0 Å². The topological polar surface area (TPSA) is 117 Å². The molecule has 3 aromatic rings. The minimum absolute atomic E-state index is 0.140. The predicted molar refractivity (Wildman–Crippen MR) is 126 cm³/mol. The highest BCUT2D eigenvalue weighted by Gasteiger charge is 2.25. The number of nitrogens with two attached hydrogens (primary N) is 1. The van der Waals surface area contributed by atoms with Gasteiger partial charge in [0.15, 0.2) is 0 Å². The molecule has 33 heavy (non-hydrogen) atoms. The molecular formula is C24H29N5O4. The molecule has 4 N–H and O–H groups in total. The Labute approximate surface area is 192 Å². The standard InChI is InChI=1S/C24H29N5O4/c25-23-20-5-6-29(22-12-17(31)11-16-3-1-2-4-19(16)22)14-21(20)26-24(27-23)33-18(15-30)13-28-7-9-32-10-8-28/h1-4,11-12,18,30-31H,5-10,13-15H2,(H2,25,26,27). The van der Waals surface area contributed by atoms with Gasteiger partial charge in [0.05, 0.1) is 32.1 Å². The van der Waals surface area contributed by atoms with E-state index in [1.165, 1.54) is 0 Å². The second-order valence-corrected chi connectivity index (χ2v) is 8.51. The van der Waals surface area contributed by atoms with E-state index in [-0.39, 0.29) is 18.4 Å². The number of rotatable bonds is 6. The number of aliphatic hydroxyl groups is 1. The van der Waals surface area contributed by atoms with E-state index < -0.39 is 6.10 Å². The maximum atomic E-state index is 10.3. The van der Waals surface area contributed by atoms with E-state index in [0.29, 0.717) is 38.5 Å². The molecule has 5 rings (SSSR count). The van der Waals surface area contributed by atoms with Gasteiger partial charge in [-0.2, -0.15) is 9.97 Å². The molecule has 0 radical (unpaired) electrons. The number of nitrogen functional groups attached to an aromatic ring is 1. The zero-order valence-electron chi connectivity index (χ0n) is 18.5. The van der Waals surface area contributed by atoms with Gasteiger partial charge in [-0.1, -0.05) is 24.3 Å². The molecule has 9 nitrogen and oxygen atoms in total. The highest BCUT2D eigenvalue weighted by atomic mass is 16.5. The van der Waals surface area contributed by atoms with Gasteiger partial charge in [0, 0.05) is 48.9 Å². The van der Waals surface area contributed by atoms with Crippen molar-refractivity contribution in [2.75, 3.05) is 56.6 Å². The van der Waals surface area contributed by atoms with E-state index in [2.05, 4.69) is 25.8 Å². The minimum atomic E-state index is -0.449. The van der Waals surface area contributed by atoms with Crippen LogP contribution in [-0.2, 0) is 17.7 Å². The van der Waals surface area contributed by atoms with Gasteiger partial charge < -0.3 is 30.3 Å². The maximum Gasteiger partial charge on any atom is 0.319 e. The third-order valence-corrected chi connectivity index (χ3v) is 6.28. The molecule has 1 atom stereocenters. The molecule has 0 aliphatic carbocycles. The molecule has 174 valence electrons. The summed E-state index contributed by atoms with van der Waals surface area (Å²) in [5.74, 6) is 0.646. The quantitative estimate of drug-likeness (QED) is 0.513. The van der Waals surface area contributed by atoms with Crippen LogP contribution in [0.25, 0.3) is 10.8 Å². The van der Waals surface area contributed by atoms with Crippen molar-refractivity contribution < 1.29 is 19.7 Å². The number of phenolic OH excluding ortho intramolecular Hbond substituents is 1. The van der Waals surface area contributed by atoms with Gasteiger partial charge in [-0.15, -0.1) is 0 Å². The number of benzene rings is 2. The first kappa shape index (κ1) is 21.7. The van der Waals surface area contributed by atoms with Crippen molar-refractivity contribution in [2.45, 2.75) is 19.1 Å². The number of hydrogen-bond donors (Lipinski definition) is 3. The molecule has 0 amide bonds. The first-order valence-corrected chi connectivity index (χ1v) is 11.3. The van der Waals surface area contributed by atoms with Crippen molar-refractivity contribution in [3.8, 4) is 11.8 Å². The third kappa shape index (κ3) is 4.66. The largest absolute Gasteiger partial charge is 0.508 e. The highest BCUT2D eigenvalue weighted by molar-refractivity contribution is 5.95. The normalized spacial score (nSPS) is 17.7. The smallest absolute Gasteiger partial charge is 0.319 e. The monoisotopic (exact) mass is 451 g/mol. The molecular weight excluding hydrogens is 422 g/mol. The number of aromatic hydroxyl groups is 1. The van der Waals surface area contributed by atoms with Gasteiger partial charge >= 0.3 is 6.01 Å². The number of nitrogens with zero attached hydrogens (tertiary/aromatic N) is 4. The summed E-state index contributed by atoms with van der Waals surface area (Å²) >= 11 is 0. The van der Waals surface area contributed by atoms with Crippen molar-refractivity contribution >= 4 is 22.3 Å². The zero-order valence-corrected chi connectivity index (χ0v) is 18.5. The Hall–Kier alpha value is -3.14. The molecule has 2 aliphatic heterocycles. The fourth-order valence-electron chi connectivity index (χ4n) is 4.58. The SMILES string of the molecule is Nc1nc(OC(CO)CN2CCOCC2)nc2c1CCN(c1cc(O)cc3ccccc13)C2. The van der Waals surface area contributed by atoms with Crippen molar-refractivity contribution in [2.24, 2.45) is 0 Å². The number of fused-ring (bicyclic) bond motifs is 2. The Morgan fingerprint density at radius 3 is 2.76 bits per heavy atom. The number of morpholine rings is 1. The van der Waals surface area contributed by atoms with Crippen LogP contribution >= 0.6 is 0 Å². The van der Waals surface area contributed by atoms with Crippen LogP contribution in [0.1, 0.15) is 11.3 Å². The molecule has 1 unspecified atom stereocenters. The van der Waals surface area contributed by atoms with Crippen LogP contribution in [0.5, 0.6) is 11.8 Å². The van der Waals surface area contributed by atoms with Crippen molar-refractivity contribution in [3.63, 3.8) is 0 Å². The van der Waals surface area contributed by atoms with Gasteiger partial charge in [-0.05, 0) is 17.9 Å². The van der Waals surface area contributed by atoms with Crippen LogP contribution in [0.15, 0.2) is 36.4 Å². The lowest BCUT2D eigenvalue weighted by molar-refractivity contribution is 0.00638. The van der Waals surface area contributed by atoms with Gasteiger partial charge in [-0.3, -0.25) is 4.90 Å². The van der Waals surface area contributed by atoms with Gasteiger partial charge in [-0.25, -0.2) is 0 Å². The molecule has 3 heterocycles. The van der Waals surface area contributed by atoms with Gasteiger partial charge in [0.1, 0.15) is 17.7 Å². The fraction of sp³-hybridized carbons (Fsp3) is 0.417. The maximum absolute atomic E-state index is 10.3. The molecule has 0 bridgehead atoms. The van der Waals surface area contributed by atoms with E-state index in [0.717, 1.165) is 47.4 Å². The number of ether oxygens (including phenoxy) is 2. The first-order valence-electron chi connectivity index (χ1n) is 11.3. The summed E-state index contributed by atoms with van der Waals surface area (Å²) in [5, 5.41) is 22.2. The van der Waals surface area contributed by atoms with E-state index in [4.69, 9.17) is 15.2 Å². The minimum Gasteiger partial charge on any atom is -0.508 e. The average Bonchev–Trinajstić information content (AvgIpc) is 2.83. The molecule has 0 spiro atoms. The lowest BCUT2D eigenvalue weighted by Gasteiger charge is -2.32. The second-order valence-electron chi connectivity index (χ2n) is 8.51. The third-order valence-electron chi connectivity index (χ3n) is 6.28. The average molecular weight is 452 g/mol. The summed E-state index contributed by atoms with van der Waals surface area (Å²) in [7, 11) is 0. The van der Waals surface area contributed by atoms with Crippen molar-refractivity contribution in [1.29, 1.82) is 0 Å². The van der Waals surface area contributed by atoms with Crippen LogP contribution in [0, 0.1) is 0 Å². The van der Waals surface area contributed by atoms with E-state index in [1.807, 2.05) is 18.2 Å². The number of aromatic nitrogens is 2. The summed E-state index contributed by atoms with van der Waals surface area (Å²) in [6.07, 6.45) is 0.248. The number of anilines is 2. The van der Waals surface area contributed by atoms with Crippen LogP contribution in [0.3, 0.4) is 0 Å². The lowest BCUT2D eigenvalue weighted by Crippen LogP contribution is -2.44. The Balaban J connectivity index is 1.38. The van der Waals surface area contributed by atoms with Gasteiger partial charge in [0.2, 0.25) is 0 Å². The highest BCUT2D eigenvalue weighted by Crippen LogP contribution is 2.35. The summed E-state index contributed by atoms with van der Waals surface area (Å²) in [5.41, 5.74) is 8.95. The summed E-state index contributed by atoms with van der Waals surface area (Å²) in [4.78, 5) is 13.4. The summed E-state index contributed by atoms with van der Waals surface area (Å²) < 4.78 is 11.3. The Bertz CT molecular complexity index is 1140. The predicted octanol–water partition coefficient (Wildman–Crippen LogP) is 1.55. The lowest BCUT2D eigenvalue weighted by atomic mass is 10.0. The Morgan fingerprint density at radius 2 is 1.94 bits per heavy atom. The van der Waals surface area contributed by atoms with E-state index in [1.54, 1.807) is 12.1 Å². The molecule has 1 fully saturated rings. The number of phenols is 1. The molecule has 0 saturated carbocycles. The zero-order chi connectivity index (χ0) is 22.8. The molecule has 2 aliphatic rings. The van der Waals surface area contributed by atoms with E-state index in [9.17, 15) is 10.2 Å². The van der Waals surface area contributed by atoms with Crippen LogP contribution < -0.4 is 15.4 Å². The summed E-state index contributed by atoms with van der Waals surface area (Å²) in [6.45, 7) is 4.67. The van der Waals surface area contributed by atoms with Crippen molar-refractivity contribution in [1.82, 2.24) is 14.9 Å². The molecule has 2 aromatic carbocycles. The first-order chi connectivity index (χ1) is 16.1. The molecule has 1 aromatic heterocycles. The Kier molecular flexibility index (Phi) is 6.17. The Morgan fingerprint density at radius 1 is 1.12 bits per heavy atom. The number of hydrogen-bond acceptors (Lipinski definition) is 9.